The molecule has 73 heavy (non-hydrogen) atoms. The van der Waals surface area contributed by atoms with E-state index in [4.69, 9.17) is 42.6 Å². The van der Waals surface area contributed by atoms with E-state index in [1.165, 1.54) is 7.11 Å². The molecule has 1 aromatic rings. The molecule has 4 aliphatic carbocycles. The Morgan fingerprint density at radius 3 is 2.04 bits per heavy atom. The van der Waals surface area contributed by atoms with Gasteiger partial charge >= 0.3 is 11.9 Å². The number of hydrogen-bond donors (Lipinski definition) is 10. The smallest absolute Gasteiger partial charge is 0.338 e. The number of ether oxygens (including phenoxy) is 9. The van der Waals surface area contributed by atoms with Crippen LogP contribution in [0.2, 0.25) is 0 Å². The maximum atomic E-state index is 14.0. The van der Waals surface area contributed by atoms with Crippen molar-refractivity contribution in [2.24, 2.45) is 34.5 Å². The molecule has 1 aromatic carbocycles. The molecule has 7 aliphatic rings. The minimum atomic E-state index is -1.82. The maximum absolute atomic E-state index is 14.0. The number of aliphatic hydroxyl groups is 10. The van der Waals surface area contributed by atoms with Gasteiger partial charge in [0.15, 0.2) is 18.9 Å². The van der Waals surface area contributed by atoms with Crippen LogP contribution in [0.1, 0.15) is 110 Å². The second-order valence-electron chi connectivity index (χ2n) is 22.9. The Kier molecular flexibility index (Phi) is 17.1. The molecule has 0 spiro atoms. The molecule has 8 rings (SSSR count). The number of benzene rings is 1. The molecule has 0 bridgehead atoms. The molecule has 4 saturated carbocycles. The summed E-state index contributed by atoms with van der Waals surface area (Å²) in [7, 11) is 1.35. The van der Waals surface area contributed by atoms with Gasteiger partial charge in [0.05, 0.1) is 36.6 Å². The molecule has 3 aliphatic heterocycles. The minimum Gasteiger partial charge on any atom is -0.462 e. The lowest BCUT2D eigenvalue weighted by Gasteiger charge is -2.68. The molecule has 3 saturated heterocycles. The molecule has 0 aromatic heterocycles. The first kappa shape index (κ1) is 56.7. The Morgan fingerprint density at radius 2 is 1.38 bits per heavy atom. The third-order valence-electron chi connectivity index (χ3n) is 18.3. The minimum absolute atomic E-state index is 0.0279. The lowest BCUT2D eigenvalue weighted by Crippen LogP contribution is -2.77. The van der Waals surface area contributed by atoms with Gasteiger partial charge in [-0.1, -0.05) is 45.9 Å². The standard InChI is InChI=1S/C52H80O21/c1-24(2)19-35(54)67-25(3)30-15-18-52(64)50(30,6)34(72-45(62)27-11-9-8-10-12-27)21-33-49(5)16-14-29(20-28(49)13-17-51(33,52)63)69-48-42(61)44(65-7)43(26(4)68-48)73-47-41(60)39(58)37(56)32(71-47)23-66-46-40(59)38(57)36(55)31(22-53)70-46/h8-12,24-26,28-34,36-44,46-48,53,55-61,63-64H,13-23H2,1-7H3/t25?,26?,28-,29-,30+,31?,32?,33?,34+,36?,37?,38?,39?,40?,41?,42?,43?,44?,46?,47?,48?,49-,50-,51-,52+/m0/s1. The van der Waals surface area contributed by atoms with E-state index in [0.29, 0.717) is 37.7 Å². The van der Waals surface area contributed by atoms with E-state index >= 15 is 0 Å². The normalized spacial score (nSPS) is 48.2. The van der Waals surface area contributed by atoms with Crippen LogP contribution >= 0.6 is 0 Å². The highest BCUT2D eigenvalue weighted by Gasteiger charge is 2.78. The number of hydrogen-bond acceptors (Lipinski definition) is 21. The van der Waals surface area contributed by atoms with E-state index in [0.717, 1.165) is 0 Å². The highest BCUT2D eigenvalue weighted by Crippen LogP contribution is 2.71. The highest BCUT2D eigenvalue weighted by molar-refractivity contribution is 5.89. The number of carbonyl (C=O) groups excluding carboxylic acids is 2. The number of fused-ring (bicyclic) bond motifs is 5. The highest BCUT2D eigenvalue weighted by atomic mass is 16.8. The molecular formula is C52H80O21. The van der Waals surface area contributed by atoms with Crippen molar-refractivity contribution >= 4 is 11.9 Å². The van der Waals surface area contributed by atoms with Crippen molar-refractivity contribution in [1.82, 2.24) is 0 Å². The van der Waals surface area contributed by atoms with E-state index < -0.39 is 163 Å². The lowest BCUT2D eigenvalue weighted by atomic mass is 9.40. The van der Waals surface area contributed by atoms with Crippen molar-refractivity contribution < 1.29 is 103 Å². The summed E-state index contributed by atoms with van der Waals surface area (Å²) >= 11 is 0. The summed E-state index contributed by atoms with van der Waals surface area (Å²) in [5.74, 6) is -1.78. The van der Waals surface area contributed by atoms with Crippen LogP contribution in [0.4, 0.5) is 0 Å². The largest absolute Gasteiger partial charge is 0.462 e. The summed E-state index contributed by atoms with van der Waals surface area (Å²) in [6.45, 7) is 10.1. The number of esters is 2. The van der Waals surface area contributed by atoms with Crippen molar-refractivity contribution in [1.29, 1.82) is 0 Å². The first-order valence-electron chi connectivity index (χ1n) is 26.1. The molecular weight excluding hydrogens is 961 g/mol. The van der Waals surface area contributed by atoms with Gasteiger partial charge in [-0.2, -0.15) is 0 Å². The summed E-state index contributed by atoms with van der Waals surface area (Å²) in [6.07, 6.45) is -20.5. The van der Waals surface area contributed by atoms with Crippen molar-refractivity contribution in [2.45, 2.75) is 221 Å². The van der Waals surface area contributed by atoms with Crippen molar-refractivity contribution in [3.8, 4) is 0 Å². The summed E-state index contributed by atoms with van der Waals surface area (Å²) in [4.78, 5) is 27.0. The third kappa shape index (κ3) is 10.2. The molecule has 7 fully saturated rings. The zero-order valence-corrected chi connectivity index (χ0v) is 42.8. The predicted molar refractivity (Wildman–Crippen MR) is 251 cm³/mol. The Labute approximate surface area is 425 Å². The zero-order chi connectivity index (χ0) is 53.1. The molecule has 0 amide bonds. The van der Waals surface area contributed by atoms with Crippen molar-refractivity contribution in [3.63, 3.8) is 0 Å². The Balaban J connectivity index is 0.942. The van der Waals surface area contributed by atoms with E-state index in [2.05, 4.69) is 6.92 Å². The quantitative estimate of drug-likeness (QED) is 0.0829. The molecule has 21 heteroatoms. The lowest BCUT2D eigenvalue weighted by molar-refractivity contribution is -0.368. The van der Waals surface area contributed by atoms with Gasteiger partial charge in [-0.3, -0.25) is 4.79 Å². The van der Waals surface area contributed by atoms with Crippen LogP contribution in [-0.4, -0.2) is 205 Å². The van der Waals surface area contributed by atoms with Gasteiger partial charge in [0.1, 0.15) is 85.0 Å². The second kappa shape index (κ2) is 22.1. The van der Waals surface area contributed by atoms with Crippen molar-refractivity contribution in [2.75, 3.05) is 20.3 Å². The van der Waals surface area contributed by atoms with Gasteiger partial charge in [-0.05, 0) is 101 Å². The van der Waals surface area contributed by atoms with Crippen LogP contribution in [0.5, 0.6) is 0 Å². The fourth-order valence-corrected chi connectivity index (χ4v) is 14.2. The predicted octanol–water partition coefficient (Wildman–Crippen LogP) is 0.204. The first-order chi connectivity index (χ1) is 34.4. The van der Waals surface area contributed by atoms with Crippen LogP contribution in [0.15, 0.2) is 30.3 Å². The van der Waals surface area contributed by atoms with Gasteiger partial charge in [-0.25, -0.2) is 4.79 Å². The monoisotopic (exact) mass is 1040 g/mol. The average Bonchev–Trinajstić information content (AvgIpc) is 3.65. The van der Waals surface area contributed by atoms with Crippen LogP contribution in [0.3, 0.4) is 0 Å². The Hall–Kier alpha value is -2.52. The zero-order valence-electron chi connectivity index (χ0n) is 42.8. The molecule has 0 radical (unpaired) electrons. The maximum Gasteiger partial charge on any atom is 0.338 e. The number of rotatable bonds is 15. The Bertz CT molecular complexity index is 2030. The number of aliphatic hydroxyl groups excluding tert-OH is 8. The molecule has 25 atom stereocenters. The van der Waals surface area contributed by atoms with E-state index in [9.17, 15) is 60.7 Å². The molecule has 21 nitrogen and oxygen atoms in total. The summed E-state index contributed by atoms with van der Waals surface area (Å²) in [6, 6.07) is 8.65. The Morgan fingerprint density at radius 1 is 0.740 bits per heavy atom. The van der Waals surface area contributed by atoms with Crippen molar-refractivity contribution in [3.05, 3.63) is 35.9 Å². The summed E-state index contributed by atoms with van der Waals surface area (Å²) in [5.41, 5.74) is -4.68. The van der Waals surface area contributed by atoms with Gasteiger partial charge in [0, 0.05) is 24.9 Å². The topological polar surface area (TPSA) is 320 Å². The SMILES string of the molecule is COC1C(O)C(O[C@H]2CC[C@]3(C)C4C[C@@H](OC(=O)c5ccccc5)[C@]5(C)[C@@H](C(C)OC(=O)CC(C)C)CC[C@]5(O)[C@]4(O)CC[C@H]3C2)OC(C)C1OC1OC(COC2OC(CO)C(O)C(O)C2O)C(O)C(O)C1O. The fourth-order valence-electron chi connectivity index (χ4n) is 14.2. The van der Waals surface area contributed by atoms with E-state index in [1.54, 1.807) is 37.3 Å². The first-order valence-corrected chi connectivity index (χ1v) is 26.1. The average molecular weight is 1040 g/mol. The van der Waals surface area contributed by atoms with Gasteiger partial charge in [0.25, 0.3) is 0 Å². The van der Waals surface area contributed by atoms with Gasteiger partial charge < -0.3 is 93.7 Å². The van der Waals surface area contributed by atoms with Crippen LogP contribution in [0.25, 0.3) is 0 Å². The number of methoxy groups -OCH3 is 1. The van der Waals surface area contributed by atoms with Crippen LogP contribution < -0.4 is 0 Å². The fraction of sp³-hybridized carbons (Fsp3) is 0.846. The van der Waals surface area contributed by atoms with Crippen LogP contribution in [0, 0.1) is 34.5 Å². The van der Waals surface area contributed by atoms with Crippen LogP contribution in [-0.2, 0) is 47.4 Å². The molecule has 3 heterocycles. The molecule has 414 valence electrons. The number of carbonyl (C=O) groups is 2. The molecule has 10 N–H and O–H groups in total. The van der Waals surface area contributed by atoms with E-state index in [-0.39, 0.29) is 43.5 Å². The summed E-state index contributed by atoms with van der Waals surface area (Å²) < 4.78 is 54.0. The molecule has 17 unspecified atom stereocenters. The summed E-state index contributed by atoms with van der Waals surface area (Å²) in [5, 5.41) is 111. The second-order valence-corrected chi connectivity index (χ2v) is 22.9. The van der Waals surface area contributed by atoms with Gasteiger partial charge in [0.2, 0.25) is 0 Å². The van der Waals surface area contributed by atoms with E-state index in [1.807, 2.05) is 27.7 Å². The third-order valence-corrected chi connectivity index (χ3v) is 18.3. The van der Waals surface area contributed by atoms with Gasteiger partial charge in [-0.15, -0.1) is 0 Å².